The number of alkyl halides is 1. The van der Waals surface area contributed by atoms with Crippen molar-refractivity contribution in [2.24, 2.45) is 0 Å². The SMILES string of the molecule is CC.CC/C(=C(\CNC)NC(=O)c1cnn2cccnc12)c1cc(C)ccc1OC(C)F. The van der Waals surface area contributed by atoms with E-state index in [1.165, 1.54) is 13.1 Å². The number of aromatic nitrogens is 3. The number of hydrogen-bond donors (Lipinski definition) is 2. The van der Waals surface area contributed by atoms with Gasteiger partial charge < -0.3 is 15.4 Å². The largest absolute Gasteiger partial charge is 0.460 e. The number of nitrogens with zero attached hydrogens (tertiary/aromatic N) is 3. The van der Waals surface area contributed by atoms with E-state index in [1.807, 2.05) is 39.8 Å². The molecule has 0 saturated carbocycles. The van der Waals surface area contributed by atoms with Crippen LogP contribution in [0.4, 0.5) is 4.39 Å². The van der Waals surface area contributed by atoms with Crippen molar-refractivity contribution in [3.63, 3.8) is 0 Å². The third-order valence-corrected chi connectivity index (χ3v) is 4.61. The lowest BCUT2D eigenvalue weighted by molar-refractivity contribution is 0.0856. The van der Waals surface area contributed by atoms with E-state index < -0.39 is 6.36 Å². The van der Waals surface area contributed by atoms with Crippen LogP contribution in [0.25, 0.3) is 11.2 Å². The highest BCUT2D eigenvalue weighted by molar-refractivity contribution is 6.01. The predicted octanol–water partition coefficient (Wildman–Crippen LogP) is 4.53. The van der Waals surface area contributed by atoms with Crippen LogP contribution in [0, 0.1) is 6.92 Å². The van der Waals surface area contributed by atoms with E-state index in [4.69, 9.17) is 4.74 Å². The zero-order chi connectivity index (χ0) is 23.7. The second-order valence-corrected chi connectivity index (χ2v) is 6.90. The molecule has 1 unspecified atom stereocenters. The number of halogens is 1. The zero-order valence-corrected chi connectivity index (χ0v) is 19.6. The molecule has 0 aliphatic carbocycles. The fourth-order valence-electron chi connectivity index (χ4n) is 3.32. The Morgan fingerprint density at radius 1 is 1.28 bits per heavy atom. The molecule has 1 amide bonds. The van der Waals surface area contributed by atoms with Crippen LogP contribution in [0.15, 0.2) is 48.6 Å². The number of fused-ring (bicyclic) bond motifs is 1. The van der Waals surface area contributed by atoms with Crippen LogP contribution < -0.4 is 15.4 Å². The van der Waals surface area contributed by atoms with Crippen LogP contribution in [0.3, 0.4) is 0 Å². The quantitative estimate of drug-likeness (QED) is 0.537. The van der Waals surface area contributed by atoms with Crippen molar-refractivity contribution >= 4 is 17.1 Å². The maximum absolute atomic E-state index is 13.6. The number of carbonyl (C=O) groups excluding carboxylic acids is 1. The maximum Gasteiger partial charge on any atom is 0.260 e. The van der Waals surface area contributed by atoms with Gasteiger partial charge in [-0.2, -0.15) is 5.10 Å². The molecule has 2 aromatic heterocycles. The Labute approximate surface area is 188 Å². The molecular formula is C24H32FN5O2. The first-order valence-electron chi connectivity index (χ1n) is 10.8. The highest BCUT2D eigenvalue weighted by Gasteiger charge is 2.19. The van der Waals surface area contributed by atoms with Gasteiger partial charge in [-0.15, -0.1) is 0 Å². The average Bonchev–Trinajstić information content (AvgIpc) is 3.21. The molecule has 0 aliphatic rings. The molecule has 0 aliphatic heterocycles. The number of hydrogen-bond acceptors (Lipinski definition) is 5. The second kappa shape index (κ2) is 12.0. The molecule has 172 valence electrons. The molecule has 0 fully saturated rings. The summed E-state index contributed by atoms with van der Waals surface area (Å²) in [6.07, 6.45) is 4.01. The number of carbonyl (C=O) groups is 1. The molecule has 0 bridgehead atoms. The van der Waals surface area contributed by atoms with Gasteiger partial charge in [0.1, 0.15) is 11.3 Å². The molecule has 2 heterocycles. The van der Waals surface area contributed by atoms with Crippen LogP contribution in [-0.4, -0.2) is 40.5 Å². The van der Waals surface area contributed by atoms with Gasteiger partial charge in [-0.05, 0) is 44.2 Å². The molecule has 0 spiro atoms. The second-order valence-electron chi connectivity index (χ2n) is 6.90. The van der Waals surface area contributed by atoms with Gasteiger partial charge in [-0.3, -0.25) is 4.79 Å². The summed E-state index contributed by atoms with van der Waals surface area (Å²) in [6, 6.07) is 7.31. The van der Waals surface area contributed by atoms with Crippen LogP contribution in [0.5, 0.6) is 5.75 Å². The van der Waals surface area contributed by atoms with Crippen LogP contribution in [-0.2, 0) is 0 Å². The monoisotopic (exact) mass is 441 g/mol. The van der Waals surface area contributed by atoms with Gasteiger partial charge in [-0.1, -0.05) is 32.4 Å². The van der Waals surface area contributed by atoms with Crippen LogP contribution in [0.1, 0.15) is 55.6 Å². The summed E-state index contributed by atoms with van der Waals surface area (Å²) >= 11 is 0. The number of aryl methyl sites for hydroxylation is 1. The van der Waals surface area contributed by atoms with E-state index in [9.17, 15) is 9.18 Å². The first kappa shape index (κ1) is 25.0. The Bertz CT molecular complexity index is 1080. The van der Waals surface area contributed by atoms with Crippen molar-refractivity contribution in [2.75, 3.05) is 13.6 Å². The van der Waals surface area contributed by atoms with Gasteiger partial charge in [0.05, 0.1) is 6.20 Å². The van der Waals surface area contributed by atoms with Gasteiger partial charge in [0.15, 0.2) is 5.65 Å². The van der Waals surface area contributed by atoms with E-state index in [2.05, 4.69) is 20.7 Å². The minimum absolute atomic E-state index is 0.311. The first-order chi connectivity index (χ1) is 15.4. The minimum Gasteiger partial charge on any atom is -0.460 e. The fourth-order valence-corrected chi connectivity index (χ4v) is 3.32. The standard InChI is InChI=1S/C22H26FN5O2.C2H6/c1-5-16(17-11-14(2)7-8-20(17)30-15(3)23)19(13-24-4)27-22(29)18-12-26-28-10-6-9-25-21(18)28;1-2/h6-12,15,24H,5,13H2,1-4H3,(H,27,29);1-2H3/b19-16-;. The Morgan fingerprint density at radius 3 is 2.69 bits per heavy atom. The van der Waals surface area contributed by atoms with Gasteiger partial charge in [0.2, 0.25) is 6.36 Å². The Morgan fingerprint density at radius 2 is 2.03 bits per heavy atom. The summed E-state index contributed by atoms with van der Waals surface area (Å²) < 4.78 is 20.5. The molecule has 1 aromatic carbocycles. The number of allylic oxidation sites excluding steroid dienone is 1. The topological polar surface area (TPSA) is 80.5 Å². The van der Waals surface area contributed by atoms with Crippen molar-refractivity contribution < 1.29 is 13.9 Å². The zero-order valence-electron chi connectivity index (χ0n) is 19.6. The highest BCUT2D eigenvalue weighted by Crippen LogP contribution is 2.32. The van der Waals surface area contributed by atoms with Gasteiger partial charge in [-0.25, -0.2) is 13.9 Å². The average molecular weight is 442 g/mol. The Hall–Kier alpha value is -3.26. The molecule has 0 saturated heterocycles. The molecule has 1 atom stereocenters. The number of nitrogens with one attached hydrogen (secondary N) is 2. The number of ether oxygens (including phenoxy) is 1. The summed E-state index contributed by atoms with van der Waals surface area (Å²) in [5, 5.41) is 10.3. The van der Waals surface area contributed by atoms with Crippen molar-refractivity contribution in [3.8, 4) is 5.75 Å². The lowest BCUT2D eigenvalue weighted by Gasteiger charge is -2.19. The van der Waals surface area contributed by atoms with E-state index in [0.717, 1.165) is 16.7 Å². The summed E-state index contributed by atoms with van der Waals surface area (Å²) in [5.41, 5.74) is 4.16. The minimum atomic E-state index is -1.45. The first-order valence-corrected chi connectivity index (χ1v) is 10.8. The Kier molecular flexibility index (Phi) is 9.34. The Balaban J connectivity index is 0.00000176. The number of rotatable bonds is 8. The van der Waals surface area contributed by atoms with Crippen molar-refractivity contribution in [1.29, 1.82) is 0 Å². The van der Waals surface area contributed by atoms with Gasteiger partial charge in [0.25, 0.3) is 5.91 Å². The molecule has 3 aromatic rings. The van der Waals surface area contributed by atoms with Crippen LogP contribution in [0.2, 0.25) is 0 Å². The third kappa shape index (κ3) is 5.91. The van der Waals surface area contributed by atoms with E-state index in [1.54, 1.807) is 36.1 Å². The lowest BCUT2D eigenvalue weighted by Crippen LogP contribution is -2.30. The van der Waals surface area contributed by atoms with Crippen LogP contribution >= 0.6 is 0 Å². The maximum atomic E-state index is 13.6. The fraction of sp³-hybridized carbons (Fsp3) is 0.375. The summed E-state index contributed by atoms with van der Waals surface area (Å²) in [5.74, 6) is 0.127. The van der Waals surface area contributed by atoms with Crippen molar-refractivity contribution in [1.82, 2.24) is 25.2 Å². The van der Waals surface area contributed by atoms with E-state index in [0.29, 0.717) is 35.6 Å². The molecule has 2 N–H and O–H groups in total. The summed E-state index contributed by atoms with van der Waals surface area (Å²) in [6.45, 7) is 9.70. The molecule has 3 rings (SSSR count). The summed E-state index contributed by atoms with van der Waals surface area (Å²) in [7, 11) is 1.80. The van der Waals surface area contributed by atoms with Crippen molar-refractivity contribution in [3.05, 3.63) is 65.2 Å². The van der Waals surface area contributed by atoms with E-state index in [-0.39, 0.29) is 5.91 Å². The van der Waals surface area contributed by atoms with Gasteiger partial charge >= 0.3 is 0 Å². The predicted molar refractivity (Wildman–Crippen MR) is 125 cm³/mol. The molecule has 0 radical (unpaired) electrons. The van der Waals surface area contributed by atoms with Crippen molar-refractivity contribution in [2.45, 2.75) is 47.4 Å². The summed E-state index contributed by atoms with van der Waals surface area (Å²) in [4.78, 5) is 17.3. The number of amides is 1. The number of benzene rings is 1. The highest BCUT2D eigenvalue weighted by atomic mass is 19.1. The smallest absolute Gasteiger partial charge is 0.260 e. The molecule has 7 nitrogen and oxygen atoms in total. The lowest BCUT2D eigenvalue weighted by atomic mass is 9.97. The number of likely N-dealkylation sites (N-methyl/N-ethyl adjacent to an activating group) is 1. The third-order valence-electron chi connectivity index (χ3n) is 4.61. The molecule has 32 heavy (non-hydrogen) atoms. The molecular weight excluding hydrogens is 409 g/mol. The van der Waals surface area contributed by atoms with E-state index >= 15 is 0 Å². The van der Waals surface area contributed by atoms with Gasteiger partial charge in [0, 0.05) is 37.1 Å². The normalized spacial score (nSPS) is 12.5. The molecule has 8 heteroatoms.